The number of carbonyl (C=O) groups is 1. The van der Waals surface area contributed by atoms with Crippen molar-refractivity contribution in [3.63, 3.8) is 0 Å². The van der Waals surface area contributed by atoms with E-state index in [0.29, 0.717) is 8.63 Å². The van der Waals surface area contributed by atoms with Crippen LogP contribution in [0.3, 0.4) is 0 Å². The second kappa shape index (κ2) is 0.697. The summed E-state index contributed by atoms with van der Waals surface area (Å²) < 4.78 is 0.804. The Bertz CT molecular complexity index is 1240. The van der Waals surface area contributed by atoms with Gasteiger partial charge in [-0.1, -0.05) is 0 Å². The fourth-order valence-electron chi connectivity index (χ4n) is 18.6. The van der Waals surface area contributed by atoms with Crippen molar-refractivity contribution in [3.8, 4) is 0 Å². The first-order valence-electron chi connectivity index (χ1n) is 7.93. The first-order chi connectivity index (χ1) is 9.50. The fourth-order valence-corrected chi connectivity index (χ4v) is 94.1. The Balaban J connectivity index is 1.55. The van der Waals surface area contributed by atoms with E-state index in [4.69, 9.17) is 11.6 Å². The van der Waals surface area contributed by atoms with Gasteiger partial charge in [0.2, 0.25) is 0 Å². The molecule has 10 heterocycles. The number of halogens is 1. The SMILES string of the molecule is O=C[C]12[CH]3[CH]4[CH]5[C]1(c1ccc(Cl)cc1)[Fe]43521678[CH]2[CH]1[CH]6[CH]7[CH]28. The average molecular weight is 325 g/mol. The van der Waals surface area contributed by atoms with E-state index in [9.17, 15) is 4.79 Å². The molecule has 1 nitrogen and oxygen atoms in total. The maximum atomic E-state index is 12.4. The van der Waals surface area contributed by atoms with E-state index in [-0.39, 0.29) is 0 Å². The Morgan fingerprint density at radius 3 is 1.95 bits per heavy atom. The molecule has 0 N–H and O–H groups in total. The van der Waals surface area contributed by atoms with Crippen LogP contribution in [0.2, 0.25) is 47.9 Å². The van der Waals surface area contributed by atoms with Gasteiger partial charge in [0.05, 0.1) is 0 Å². The molecular formula is C17H13ClFeO. The number of aldehydes is 1. The normalized spacial score (nSPS) is 106. The molecule has 10 fully saturated rings. The zero-order valence-electron chi connectivity index (χ0n) is 10.6. The third kappa shape index (κ3) is 0.0818. The van der Waals surface area contributed by atoms with Crippen molar-refractivity contribution >= 4 is 17.9 Å². The minimum absolute atomic E-state index is 0.305. The van der Waals surface area contributed by atoms with E-state index < -0.39 is 6.51 Å². The molecule has 0 aromatic heterocycles. The van der Waals surface area contributed by atoms with E-state index in [0.717, 1.165) is 14.7 Å². The van der Waals surface area contributed by atoms with Gasteiger partial charge in [-0.15, -0.1) is 0 Å². The molecule has 3 heteroatoms. The van der Waals surface area contributed by atoms with Crippen LogP contribution >= 0.6 is 11.6 Å². The Morgan fingerprint density at radius 1 is 0.950 bits per heavy atom. The Hall–Kier alpha value is -0.301. The molecular weight excluding hydrogens is 311 g/mol. The van der Waals surface area contributed by atoms with Gasteiger partial charge in [0.25, 0.3) is 0 Å². The number of rotatable bonds is 2. The van der Waals surface area contributed by atoms with Crippen molar-refractivity contribution in [3.05, 3.63) is 34.9 Å². The van der Waals surface area contributed by atoms with Crippen molar-refractivity contribution < 1.29 is 11.3 Å². The van der Waals surface area contributed by atoms with Crippen molar-refractivity contribution in [2.24, 2.45) is 0 Å². The van der Waals surface area contributed by atoms with E-state index in [1.165, 1.54) is 28.9 Å². The van der Waals surface area contributed by atoms with Crippen LogP contribution in [0.15, 0.2) is 24.3 Å². The van der Waals surface area contributed by atoms with Crippen LogP contribution in [0.25, 0.3) is 0 Å². The van der Waals surface area contributed by atoms with E-state index in [1.54, 1.807) is 11.8 Å². The third-order valence-corrected chi connectivity index (χ3v) is 59.6. The Kier molecular flexibility index (Phi) is 0.272. The summed E-state index contributed by atoms with van der Waals surface area (Å²) in [5, 5.41) is 0.848. The first-order valence-corrected chi connectivity index (χ1v) is 14.5. The third-order valence-electron chi connectivity index (χ3n) is 16.4. The molecule has 102 valence electrons. The van der Waals surface area contributed by atoms with E-state index in [1.807, 2.05) is 0 Å². The Labute approximate surface area is 111 Å². The molecule has 0 bridgehead atoms. The number of benzene rings is 1. The van der Waals surface area contributed by atoms with E-state index in [2.05, 4.69) is 24.3 Å². The van der Waals surface area contributed by atoms with E-state index >= 15 is 0 Å². The van der Waals surface area contributed by atoms with Crippen molar-refractivity contribution in [1.82, 2.24) is 0 Å². The minimum atomic E-state index is -3.47. The van der Waals surface area contributed by atoms with Gasteiger partial charge in [-0.2, -0.15) is 0 Å². The quantitative estimate of drug-likeness (QED) is 0.569. The standard InChI is InChI=1S/C12H8ClO.C5H5.Fe/c13-11-6-4-9(5-7-11)12-3-1-2-10(12)8-14;1-2-4-5-3-1;/h1-8H;1-5H;. The monoisotopic (exact) mass is 324 g/mol. The molecule has 10 saturated heterocycles. The first kappa shape index (κ1) is 7.81. The van der Waals surface area contributed by atoms with Crippen LogP contribution in [0.5, 0.6) is 0 Å². The van der Waals surface area contributed by atoms with Gasteiger partial charge in [0.1, 0.15) is 0 Å². The topological polar surface area (TPSA) is 17.1 Å². The summed E-state index contributed by atoms with van der Waals surface area (Å²) in [5.41, 5.74) is 1.58. The molecule has 0 aliphatic carbocycles. The molecule has 0 saturated carbocycles. The Morgan fingerprint density at radius 2 is 1.55 bits per heavy atom. The van der Waals surface area contributed by atoms with Crippen LogP contribution in [0.4, 0.5) is 0 Å². The summed E-state index contributed by atoms with van der Waals surface area (Å²) in [5.74, 6) is 0. The molecule has 5 unspecified atom stereocenters. The summed E-state index contributed by atoms with van der Waals surface area (Å²) in [6, 6.07) is 8.80. The number of fused-ring (bicyclic) bond motifs is 10. The van der Waals surface area contributed by atoms with Gasteiger partial charge < -0.3 is 0 Å². The predicted octanol–water partition coefficient (Wildman–Crippen LogP) is 4.71. The van der Waals surface area contributed by atoms with Crippen LogP contribution in [0.1, 0.15) is 5.56 Å². The molecule has 1 aromatic carbocycles. The van der Waals surface area contributed by atoms with Crippen molar-refractivity contribution in [2.45, 2.75) is 47.2 Å². The molecule has 0 radical (unpaired) electrons. The molecule has 0 amide bonds. The van der Waals surface area contributed by atoms with Gasteiger partial charge in [0.15, 0.2) is 0 Å². The number of carbonyl (C=O) groups excluding carboxylic acids is 1. The molecule has 1 spiro atoms. The zero-order valence-corrected chi connectivity index (χ0v) is 12.5. The summed E-state index contributed by atoms with van der Waals surface area (Å²) in [6.07, 6.45) is 1.57. The summed E-state index contributed by atoms with van der Waals surface area (Å²) in [6.45, 7) is -3.47. The van der Waals surface area contributed by atoms with Crippen LogP contribution in [0, 0.1) is 0 Å². The average Bonchev–Trinajstić information content (AvgIpc) is 3.41. The molecule has 20 heavy (non-hydrogen) atoms. The molecule has 10 aliphatic heterocycles. The van der Waals surface area contributed by atoms with Crippen molar-refractivity contribution in [1.29, 1.82) is 0 Å². The van der Waals surface area contributed by atoms with Gasteiger partial charge >= 0.3 is 111 Å². The van der Waals surface area contributed by atoms with Crippen LogP contribution < -0.4 is 0 Å². The second-order valence-corrected chi connectivity index (χ2v) is 35.1. The summed E-state index contributed by atoms with van der Waals surface area (Å²) in [4.78, 5) is 21.7. The molecule has 5 atom stereocenters. The summed E-state index contributed by atoms with van der Waals surface area (Å²) in [7, 11) is 0. The van der Waals surface area contributed by atoms with Gasteiger partial charge in [-0.05, 0) is 0 Å². The maximum absolute atomic E-state index is 12.4. The second-order valence-electron chi connectivity index (χ2n) is 11.4. The van der Waals surface area contributed by atoms with Gasteiger partial charge in [-0.25, -0.2) is 0 Å². The zero-order chi connectivity index (χ0) is 12.6. The van der Waals surface area contributed by atoms with Gasteiger partial charge in [0, 0.05) is 0 Å². The van der Waals surface area contributed by atoms with Crippen LogP contribution in [-0.4, -0.2) is 6.29 Å². The number of hydrogen-bond donors (Lipinski definition) is 0. The molecule has 10 aliphatic rings. The molecule has 1 aromatic rings. The van der Waals surface area contributed by atoms with Crippen LogP contribution in [-0.2, 0) is 15.6 Å². The molecule has 11 rings (SSSR count). The summed E-state index contributed by atoms with van der Waals surface area (Å²) >= 11 is 6.13. The number of hydrogen-bond acceptors (Lipinski definition) is 1. The fraction of sp³-hybridized carbons (Fsp3) is 0.588. The predicted molar refractivity (Wildman–Crippen MR) is 71.9 cm³/mol. The van der Waals surface area contributed by atoms with Crippen molar-refractivity contribution in [2.75, 3.05) is 0 Å². The van der Waals surface area contributed by atoms with Gasteiger partial charge in [-0.3, -0.25) is 0 Å².